The molecule has 0 aliphatic rings. The van der Waals surface area contributed by atoms with Gasteiger partial charge >= 0.3 is 5.97 Å². The monoisotopic (exact) mass is 340 g/mol. The molecule has 1 atom stereocenters. The summed E-state index contributed by atoms with van der Waals surface area (Å²) in [5.41, 5.74) is 1.70. The topological polar surface area (TPSA) is 57.9 Å². The highest BCUT2D eigenvalue weighted by Crippen LogP contribution is 2.19. The summed E-state index contributed by atoms with van der Waals surface area (Å²) >= 11 is 0. The van der Waals surface area contributed by atoms with Crippen molar-refractivity contribution < 1.29 is 23.4 Å². The van der Waals surface area contributed by atoms with E-state index >= 15 is 0 Å². The average molecular weight is 340 g/mol. The fourth-order valence-electron chi connectivity index (χ4n) is 2.42. The normalized spacial score (nSPS) is 12.1. The molecule has 0 saturated carbocycles. The van der Waals surface area contributed by atoms with Crippen molar-refractivity contribution in [1.82, 2.24) is 0 Å². The van der Waals surface area contributed by atoms with Crippen molar-refractivity contribution >= 4 is 16.9 Å². The summed E-state index contributed by atoms with van der Waals surface area (Å²) in [6, 6.07) is 17.0. The molecule has 5 heteroatoms. The van der Waals surface area contributed by atoms with E-state index in [4.69, 9.17) is 18.6 Å². The Labute approximate surface area is 146 Å². The zero-order valence-electron chi connectivity index (χ0n) is 14.2. The number of esters is 1. The van der Waals surface area contributed by atoms with Crippen molar-refractivity contribution in [2.24, 2.45) is 0 Å². The maximum Gasteiger partial charge on any atom is 0.335 e. The minimum atomic E-state index is -0.671. The van der Waals surface area contributed by atoms with Crippen LogP contribution in [0.5, 0.6) is 5.75 Å². The van der Waals surface area contributed by atoms with Gasteiger partial charge in [-0.3, -0.25) is 0 Å². The van der Waals surface area contributed by atoms with E-state index < -0.39 is 12.1 Å². The van der Waals surface area contributed by atoms with Crippen molar-refractivity contribution in [3.8, 4) is 5.75 Å². The number of para-hydroxylation sites is 1. The van der Waals surface area contributed by atoms with E-state index in [9.17, 15) is 4.79 Å². The van der Waals surface area contributed by atoms with Crippen molar-refractivity contribution in [2.75, 3.05) is 7.11 Å². The number of hydrogen-bond donors (Lipinski definition) is 0. The summed E-state index contributed by atoms with van der Waals surface area (Å²) in [4.78, 5) is 12.1. The van der Waals surface area contributed by atoms with E-state index in [1.54, 1.807) is 14.0 Å². The first-order valence-electron chi connectivity index (χ1n) is 8.04. The van der Waals surface area contributed by atoms with E-state index in [0.29, 0.717) is 12.4 Å². The minimum absolute atomic E-state index is 0.0837. The molecule has 3 rings (SSSR count). The summed E-state index contributed by atoms with van der Waals surface area (Å²) in [5, 5.41) is 0.982. The van der Waals surface area contributed by atoms with Gasteiger partial charge in [0.25, 0.3) is 0 Å². The Kier molecular flexibility index (Phi) is 5.36. The molecular formula is C20H20O5. The van der Waals surface area contributed by atoms with Crippen LogP contribution in [0.2, 0.25) is 0 Å². The number of furan rings is 1. The molecule has 0 saturated heterocycles. The van der Waals surface area contributed by atoms with Crippen LogP contribution in [-0.4, -0.2) is 19.2 Å². The van der Waals surface area contributed by atoms with Gasteiger partial charge in [0.15, 0.2) is 6.10 Å². The van der Waals surface area contributed by atoms with Gasteiger partial charge in [0.2, 0.25) is 0 Å². The Balaban J connectivity index is 1.50. The smallest absolute Gasteiger partial charge is 0.335 e. The van der Waals surface area contributed by atoms with E-state index in [1.165, 1.54) is 0 Å². The Bertz CT molecular complexity index is 819. The van der Waals surface area contributed by atoms with Gasteiger partial charge in [-0.1, -0.05) is 30.3 Å². The van der Waals surface area contributed by atoms with Crippen LogP contribution >= 0.6 is 0 Å². The molecule has 0 bridgehead atoms. The van der Waals surface area contributed by atoms with Crippen molar-refractivity contribution in [3.63, 3.8) is 0 Å². The predicted octanol–water partition coefficient (Wildman–Crippen LogP) is 4.09. The molecule has 1 heterocycles. The highest BCUT2D eigenvalue weighted by Gasteiger charge is 2.16. The zero-order chi connectivity index (χ0) is 17.6. The number of ether oxygens (including phenoxy) is 3. The molecule has 1 unspecified atom stereocenters. The van der Waals surface area contributed by atoms with Gasteiger partial charge in [0, 0.05) is 5.39 Å². The molecule has 0 spiro atoms. The molecule has 2 aromatic carbocycles. The first kappa shape index (κ1) is 17.0. The molecule has 0 amide bonds. The summed E-state index contributed by atoms with van der Waals surface area (Å²) in [7, 11) is 1.61. The van der Waals surface area contributed by atoms with Gasteiger partial charge in [-0.2, -0.15) is 0 Å². The first-order chi connectivity index (χ1) is 12.2. The lowest BCUT2D eigenvalue weighted by atomic mass is 10.2. The molecule has 0 aliphatic heterocycles. The molecular weight excluding hydrogens is 320 g/mol. The fourth-order valence-corrected chi connectivity index (χ4v) is 2.42. The highest BCUT2D eigenvalue weighted by atomic mass is 16.6. The Morgan fingerprint density at radius 3 is 2.72 bits per heavy atom. The van der Waals surface area contributed by atoms with Crippen LogP contribution in [0.1, 0.15) is 18.2 Å². The summed E-state index contributed by atoms with van der Waals surface area (Å²) in [6.45, 7) is 2.06. The van der Waals surface area contributed by atoms with E-state index in [-0.39, 0.29) is 6.61 Å². The zero-order valence-corrected chi connectivity index (χ0v) is 14.2. The van der Waals surface area contributed by atoms with Crippen LogP contribution in [0.15, 0.2) is 59.0 Å². The molecule has 130 valence electrons. The third-order valence-corrected chi connectivity index (χ3v) is 3.80. The van der Waals surface area contributed by atoms with Gasteiger partial charge in [0.05, 0.1) is 13.7 Å². The van der Waals surface area contributed by atoms with Crippen LogP contribution in [0.4, 0.5) is 0 Å². The second-order valence-electron chi connectivity index (χ2n) is 5.66. The largest absolute Gasteiger partial charge is 0.497 e. The van der Waals surface area contributed by atoms with Gasteiger partial charge in [-0.25, -0.2) is 4.79 Å². The second-order valence-corrected chi connectivity index (χ2v) is 5.66. The lowest BCUT2D eigenvalue weighted by Gasteiger charge is -2.12. The fraction of sp³-hybridized carbons (Fsp3) is 0.250. The van der Waals surface area contributed by atoms with Crippen LogP contribution in [-0.2, 0) is 27.5 Å². The van der Waals surface area contributed by atoms with Gasteiger partial charge in [-0.15, -0.1) is 0 Å². The van der Waals surface area contributed by atoms with Gasteiger partial charge in [-0.05, 0) is 36.8 Å². The Morgan fingerprint density at radius 1 is 1.08 bits per heavy atom. The molecule has 0 aliphatic carbocycles. The molecule has 1 aromatic heterocycles. The second kappa shape index (κ2) is 7.85. The maximum absolute atomic E-state index is 12.1. The van der Waals surface area contributed by atoms with Crippen molar-refractivity contribution in [1.29, 1.82) is 0 Å². The third-order valence-electron chi connectivity index (χ3n) is 3.80. The van der Waals surface area contributed by atoms with E-state index in [0.717, 1.165) is 22.3 Å². The van der Waals surface area contributed by atoms with Crippen LogP contribution in [0.25, 0.3) is 11.0 Å². The quantitative estimate of drug-likeness (QED) is 0.606. The number of carbonyl (C=O) groups is 1. The van der Waals surface area contributed by atoms with Crippen molar-refractivity contribution in [2.45, 2.75) is 26.2 Å². The Morgan fingerprint density at radius 2 is 1.92 bits per heavy atom. The molecule has 0 N–H and O–H groups in total. The maximum atomic E-state index is 12.1. The Hall–Kier alpha value is -2.79. The first-order valence-corrected chi connectivity index (χ1v) is 8.04. The summed E-state index contributed by atoms with van der Waals surface area (Å²) < 4.78 is 21.6. The molecule has 0 radical (unpaired) electrons. The lowest BCUT2D eigenvalue weighted by molar-refractivity contribution is -0.158. The van der Waals surface area contributed by atoms with Crippen LogP contribution in [0, 0.1) is 0 Å². The van der Waals surface area contributed by atoms with E-state index in [1.807, 2.05) is 54.6 Å². The number of benzene rings is 2. The van der Waals surface area contributed by atoms with Crippen molar-refractivity contribution in [3.05, 3.63) is 65.9 Å². The highest BCUT2D eigenvalue weighted by molar-refractivity contribution is 5.78. The van der Waals surface area contributed by atoms with Gasteiger partial charge in [0.1, 0.15) is 23.7 Å². The van der Waals surface area contributed by atoms with Crippen LogP contribution in [0.3, 0.4) is 0 Å². The molecule has 0 fully saturated rings. The van der Waals surface area contributed by atoms with E-state index in [2.05, 4.69) is 0 Å². The number of rotatable bonds is 7. The SMILES string of the molecule is COc1cccc(COC(C)C(=O)OCc2cc3ccccc3o2)c1. The number of fused-ring (bicyclic) bond motifs is 1. The predicted molar refractivity (Wildman–Crippen MR) is 93.3 cm³/mol. The number of hydrogen-bond acceptors (Lipinski definition) is 5. The molecule has 3 aromatic rings. The summed E-state index contributed by atoms with van der Waals surface area (Å²) in [5.74, 6) is 0.930. The number of carbonyl (C=O) groups excluding carboxylic acids is 1. The van der Waals surface area contributed by atoms with Crippen LogP contribution < -0.4 is 4.74 Å². The minimum Gasteiger partial charge on any atom is -0.497 e. The molecule has 25 heavy (non-hydrogen) atoms. The lowest BCUT2D eigenvalue weighted by Crippen LogP contribution is -2.23. The molecule has 5 nitrogen and oxygen atoms in total. The van der Waals surface area contributed by atoms with Gasteiger partial charge < -0.3 is 18.6 Å². The summed E-state index contributed by atoms with van der Waals surface area (Å²) in [6.07, 6.45) is -0.671. The number of methoxy groups -OCH3 is 1. The standard InChI is InChI=1S/C20H20O5/c1-14(23-12-15-6-5-8-17(10-15)22-2)20(21)24-13-18-11-16-7-3-4-9-19(16)25-18/h3-11,14H,12-13H2,1-2H3. The third kappa shape index (κ3) is 4.39. The average Bonchev–Trinajstić information content (AvgIpc) is 3.07.